The summed E-state index contributed by atoms with van der Waals surface area (Å²) in [6, 6.07) is 22.9. The number of ether oxygens (including phenoxy) is 1. The van der Waals surface area contributed by atoms with E-state index < -0.39 is 11.3 Å². The van der Waals surface area contributed by atoms with E-state index in [1.807, 2.05) is 23.0 Å². The van der Waals surface area contributed by atoms with E-state index in [1.165, 1.54) is 16.3 Å². The minimum Gasteiger partial charge on any atom is -0.760 e. The van der Waals surface area contributed by atoms with Crippen molar-refractivity contribution in [2.45, 2.75) is 39.7 Å². The predicted octanol–water partition coefficient (Wildman–Crippen LogP) is 5.22. The first kappa shape index (κ1) is 25.1. The molecule has 2 atom stereocenters. The highest BCUT2D eigenvalue weighted by atomic mass is 32.2. The molecule has 0 saturated heterocycles. The fourth-order valence-electron chi connectivity index (χ4n) is 4.38. The molecule has 0 radical (unpaired) electrons. The Hall–Kier alpha value is -3.00. The molecule has 0 fully saturated rings. The minimum atomic E-state index is -2.32. The molecule has 0 spiro atoms. The maximum Gasteiger partial charge on any atom is 0.123 e. The number of aromatic nitrogens is 2. The lowest BCUT2D eigenvalue weighted by Crippen LogP contribution is -2.31. The topological polar surface area (TPSA) is 79.2 Å². The molecule has 184 valence electrons. The van der Waals surface area contributed by atoms with Gasteiger partial charge in [0.05, 0.1) is 13.2 Å². The second-order valence-electron chi connectivity index (χ2n) is 9.86. The Morgan fingerprint density at radius 3 is 2.51 bits per heavy atom. The van der Waals surface area contributed by atoms with Gasteiger partial charge < -0.3 is 9.29 Å². The fourth-order valence-corrected chi connectivity index (χ4v) is 4.68. The van der Waals surface area contributed by atoms with Crippen molar-refractivity contribution >= 4 is 22.0 Å². The summed E-state index contributed by atoms with van der Waals surface area (Å²) in [5, 5.41) is 6.75. The van der Waals surface area contributed by atoms with Gasteiger partial charge in [-0.1, -0.05) is 75.4 Å². The van der Waals surface area contributed by atoms with Crippen LogP contribution in [0.1, 0.15) is 43.4 Å². The number of nitrogens with zero attached hydrogens (tertiary/aromatic N) is 2. The number of nitrogens with one attached hydrogen (secondary N) is 1. The Labute approximate surface area is 209 Å². The first-order valence-electron chi connectivity index (χ1n) is 11.8. The molecule has 0 saturated carbocycles. The second-order valence-corrected chi connectivity index (χ2v) is 10.6. The lowest BCUT2D eigenvalue weighted by atomic mass is 9.76. The van der Waals surface area contributed by atoms with Crippen molar-refractivity contribution in [1.29, 1.82) is 0 Å². The molecule has 4 rings (SSSR count). The van der Waals surface area contributed by atoms with Crippen LogP contribution in [0.3, 0.4) is 0 Å². The summed E-state index contributed by atoms with van der Waals surface area (Å²) in [6.07, 6.45) is 4.47. The molecular weight excluding hydrogens is 458 g/mol. The van der Waals surface area contributed by atoms with Crippen LogP contribution in [-0.4, -0.2) is 31.7 Å². The van der Waals surface area contributed by atoms with Gasteiger partial charge in [0.1, 0.15) is 5.75 Å². The molecule has 0 aliphatic carbocycles. The van der Waals surface area contributed by atoms with Gasteiger partial charge in [-0.15, -0.1) is 0 Å². The molecular formula is C28H32N3O3S-. The Balaban J connectivity index is 1.58. The van der Waals surface area contributed by atoms with Gasteiger partial charge in [-0.2, -0.15) is 5.10 Å². The smallest absolute Gasteiger partial charge is 0.123 e. The molecule has 6 nitrogen and oxygen atoms in total. The van der Waals surface area contributed by atoms with Gasteiger partial charge in [0.25, 0.3) is 0 Å². The van der Waals surface area contributed by atoms with Crippen molar-refractivity contribution in [2.24, 2.45) is 5.41 Å². The third-order valence-electron chi connectivity index (χ3n) is 6.27. The fraction of sp³-hybridized carbons (Fsp3) is 0.321. The van der Waals surface area contributed by atoms with Crippen LogP contribution in [0.25, 0.3) is 10.8 Å². The van der Waals surface area contributed by atoms with Crippen molar-refractivity contribution in [3.05, 3.63) is 95.8 Å². The van der Waals surface area contributed by atoms with Crippen LogP contribution in [0.15, 0.2) is 79.1 Å². The van der Waals surface area contributed by atoms with E-state index in [0.717, 1.165) is 23.3 Å². The summed E-state index contributed by atoms with van der Waals surface area (Å²) in [5.74, 6) is 0.726. The van der Waals surface area contributed by atoms with Gasteiger partial charge in [-0.05, 0) is 45.0 Å². The molecule has 0 bridgehead atoms. The van der Waals surface area contributed by atoms with E-state index >= 15 is 0 Å². The molecule has 1 heterocycles. The maximum absolute atomic E-state index is 11.2. The van der Waals surface area contributed by atoms with Gasteiger partial charge in [0.15, 0.2) is 0 Å². The van der Waals surface area contributed by atoms with Crippen LogP contribution in [0.2, 0.25) is 0 Å². The lowest BCUT2D eigenvalue weighted by molar-refractivity contribution is 0.286. The Kier molecular flexibility index (Phi) is 8.00. The van der Waals surface area contributed by atoms with Gasteiger partial charge in [0.2, 0.25) is 0 Å². The average Bonchev–Trinajstić information content (AvgIpc) is 3.32. The van der Waals surface area contributed by atoms with E-state index in [2.05, 4.69) is 85.2 Å². The Morgan fingerprint density at radius 1 is 1.03 bits per heavy atom. The van der Waals surface area contributed by atoms with Crippen molar-refractivity contribution in [1.82, 2.24) is 14.5 Å². The maximum atomic E-state index is 11.2. The van der Waals surface area contributed by atoms with Crippen LogP contribution in [0, 0.1) is 5.41 Å². The highest BCUT2D eigenvalue weighted by molar-refractivity contribution is 7.77. The Bertz CT molecular complexity index is 1280. The molecule has 1 N–H and O–H groups in total. The zero-order chi connectivity index (χ0) is 24.8. The molecule has 7 heteroatoms. The Morgan fingerprint density at radius 2 is 1.80 bits per heavy atom. The van der Waals surface area contributed by atoms with Gasteiger partial charge in [0, 0.05) is 42.5 Å². The van der Waals surface area contributed by atoms with Crippen molar-refractivity contribution in [3.8, 4) is 5.75 Å². The number of rotatable bonds is 10. The SMILES string of the molecule is CC(C)(C)C(CNS(=O)[O-])c1ccc(Cn2cccn2)cc1OCCc1ccc2ccccc2c1. The largest absolute Gasteiger partial charge is 0.760 e. The first-order valence-corrected chi connectivity index (χ1v) is 12.9. The standard InChI is InChI=1S/C28H33N3O3S/c1-28(2,3)26(19-30-35(32)33)25-12-10-22(20-31-15-6-14-29-31)18-27(25)34-16-13-21-9-11-23-7-4-5-8-24(23)17-21/h4-12,14-15,17-18,26,30H,13,16,19-20H2,1-3H3,(H,32,33)/p-1. The van der Waals surface area contributed by atoms with Gasteiger partial charge in [-0.3, -0.25) is 8.89 Å². The third kappa shape index (κ3) is 6.78. The van der Waals surface area contributed by atoms with E-state index in [9.17, 15) is 8.76 Å². The van der Waals surface area contributed by atoms with Crippen LogP contribution < -0.4 is 9.46 Å². The zero-order valence-electron chi connectivity index (χ0n) is 20.4. The van der Waals surface area contributed by atoms with Crippen LogP contribution >= 0.6 is 0 Å². The average molecular weight is 491 g/mol. The molecule has 0 aliphatic rings. The number of hydrogen-bond donors (Lipinski definition) is 1. The molecule has 2 unspecified atom stereocenters. The molecule has 1 aromatic heterocycles. The van der Waals surface area contributed by atoms with Crippen LogP contribution in [0.5, 0.6) is 5.75 Å². The summed E-state index contributed by atoms with van der Waals surface area (Å²) in [6.45, 7) is 7.81. The summed E-state index contributed by atoms with van der Waals surface area (Å²) >= 11 is -2.32. The van der Waals surface area contributed by atoms with E-state index in [-0.39, 0.29) is 11.3 Å². The van der Waals surface area contributed by atoms with Crippen LogP contribution in [-0.2, 0) is 24.2 Å². The first-order chi connectivity index (χ1) is 16.8. The third-order valence-corrected chi connectivity index (χ3v) is 6.67. The summed E-state index contributed by atoms with van der Waals surface area (Å²) in [7, 11) is 0. The van der Waals surface area contributed by atoms with Crippen LogP contribution in [0.4, 0.5) is 0 Å². The number of benzene rings is 3. The number of hydrogen-bond acceptors (Lipinski definition) is 4. The summed E-state index contributed by atoms with van der Waals surface area (Å²) in [4.78, 5) is 0. The molecule has 0 aliphatic heterocycles. The van der Waals surface area contributed by atoms with Crippen molar-refractivity contribution in [3.63, 3.8) is 0 Å². The van der Waals surface area contributed by atoms with E-state index in [1.54, 1.807) is 6.20 Å². The molecule has 35 heavy (non-hydrogen) atoms. The quantitative estimate of drug-likeness (QED) is 0.309. The highest BCUT2D eigenvalue weighted by Gasteiger charge is 2.29. The number of fused-ring (bicyclic) bond motifs is 1. The highest BCUT2D eigenvalue weighted by Crippen LogP contribution is 2.39. The lowest BCUT2D eigenvalue weighted by Gasteiger charge is -2.33. The monoisotopic (exact) mass is 490 g/mol. The molecule has 4 aromatic rings. The minimum absolute atomic E-state index is 0.0603. The summed E-state index contributed by atoms with van der Waals surface area (Å²) < 4.78 is 33.3. The van der Waals surface area contributed by atoms with Gasteiger partial charge >= 0.3 is 0 Å². The second kappa shape index (κ2) is 11.2. The van der Waals surface area contributed by atoms with Crippen molar-refractivity contribution in [2.75, 3.05) is 13.2 Å². The zero-order valence-corrected chi connectivity index (χ0v) is 21.3. The van der Waals surface area contributed by atoms with Gasteiger partial charge in [-0.25, -0.2) is 4.72 Å². The molecule has 0 amide bonds. The van der Waals surface area contributed by atoms with E-state index in [0.29, 0.717) is 19.7 Å². The summed E-state index contributed by atoms with van der Waals surface area (Å²) in [5.41, 5.74) is 3.12. The van der Waals surface area contributed by atoms with E-state index in [4.69, 9.17) is 4.74 Å². The molecule has 3 aromatic carbocycles. The normalized spacial score (nSPS) is 13.6. The van der Waals surface area contributed by atoms with Crippen molar-refractivity contribution < 1.29 is 13.5 Å². The predicted molar refractivity (Wildman–Crippen MR) is 140 cm³/mol.